The molecule has 0 aromatic heterocycles. The minimum Gasteiger partial charge on any atom is -0.386 e. The van der Waals surface area contributed by atoms with E-state index in [-0.39, 0.29) is 11.6 Å². The van der Waals surface area contributed by atoms with Crippen molar-refractivity contribution in [3.8, 4) is 0 Å². The number of hydrogen-bond acceptors (Lipinski definition) is 7. The Hall–Kier alpha value is -3.66. The van der Waals surface area contributed by atoms with Crippen molar-refractivity contribution in [3.63, 3.8) is 0 Å². The van der Waals surface area contributed by atoms with Crippen LogP contribution in [-0.4, -0.2) is 43.0 Å². The fourth-order valence-corrected chi connectivity index (χ4v) is 4.34. The van der Waals surface area contributed by atoms with Gasteiger partial charge in [0.1, 0.15) is 17.5 Å². The molecule has 2 aliphatic rings. The lowest BCUT2D eigenvalue weighted by Crippen LogP contribution is -2.35. The Morgan fingerprint density at radius 2 is 1.97 bits per heavy atom. The summed E-state index contributed by atoms with van der Waals surface area (Å²) in [5.74, 6) is 0.672. The van der Waals surface area contributed by atoms with Crippen molar-refractivity contribution in [2.24, 2.45) is 9.98 Å². The largest absolute Gasteiger partial charge is 0.386 e. The van der Waals surface area contributed by atoms with E-state index >= 15 is 0 Å². The van der Waals surface area contributed by atoms with Gasteiger partial charge < -0.3 is 19.6 Å². The number of anilines is 1. The van der Waals surface area contributed by atoms with Crippen LogP contribution in [0.4, 0.5) is 14.5 Å². The van der Waals surface area contributed by atoms with Crippen LogP contribution in [0.5, 0.6) is 0 Å². The van der Waals surface area contributed by atoms with Crippen molar-refractivity contribution < 1.29 is 23.5 Å². The zero-order valence-corrected chi connectivity index (χ0v) is 22.4. The Labute approximate surface area is 227 Å². The summed E-state index contributed by atoms with van der Waals surface area (Å²) in [5.41, 5.74) is 6.73. The van der Waals surface area contributed by atoms with Crippen molar-refractivity contribution in [1.82, 2.24) is 5.48 Å². The first-order valence-corrected chi connectivity index (χ1v) is 13.0. The minimum atomic E-state index is -0.781. The number of hydrogen-bond donors (Lipinski definition) is 2. The number of benzene rings is 2. The Morgan fingerprint density at radius 3 is 2.69 bits per heavy atom. The van der Waals surface area contributed by atoms with E-state index in [2.05, 4.69) is 15.4 Å². The summed E-state index contributed by atoms with van der Waals surface area (Å²) in [6.07, 6.45) is 9.32. The van der Waals surface area contributed by atoms with Crippen LogP contribution in [0.25, 0.3) is 0 Å². The number of halogens is 2. The van der Waals surface area contributed by atoms with Gasteiger partial charge in [0.15, 0.2) is 12.5 Å². The first-order valence-electron chi connectivity index (χ1n) is 13.0. The number of hydroxylamine groups is 1. The molecule has 9 heteroatoms. The molecule has 0 saturated carbocycles. The average Bonchev–Trinajstić information content (AvgIpc) is 3.41. The lowest BCUT2D eigenvalue weighted by Gasteiger charge is -2.31. The van der Waals surface area contributed by atoms with E-state index in [1.165, 1.54) is 25.3 Å². The lowest BCUT2D eigenvalue weighted by atomic mass is 10.1. The zero-order chi connectivity index (χ0) is 27.8. The maximum atomic E-state index is 13.7. The summed E-state index contributed by atoms with van der Waals surface area (Å²) in [5, 5.41) is 9.71. The standard InChI is InChI=1S/C30H34F2N4O3/c1-4-7-22-19-36(24-13-11-23(31)12-14-24)28(8-5-6-9-29(37)38-3)33-26(22)16-17-27-34-30(39-35-27)21-10-15-25(32)20(2)18-21/h4,7,10-18,27,29,35,37H,5-6,8-9,19H2,1-3H3/b7-4-,17-16+. The Balaban J connectivity index is 1.57. The normalized spacial score (nSPS) is 18.6. The number of nitrogens with zero attached hydrogens (tertiary/aromatic N) is 3. The van der Waals surface area contributed by atoms with Crippen LogP contribution in [0, 0.1) is 18.6 Å². The van der Waals surface area contributed by atoms with Gasteiger partial charge >= 0.3 is 0 Å². The van der Waals surface area contributed by atoms with Crippen molar-refractivity contribution >= 4 is 17.4 Å². The van der Waals surface area contributed by atoms with Crippen LogP contribution >= 0.6 is 0 Å². The van der Waals surface area contributed by atoms with E-state index in [1.807, 2.05) is 31.2 Å². The molecule has 0 amide bonds. The van der Waals surface area contributed by atoms with Gasteiger partial charge in [-0.1, -0.05) is 12.2 Å². The molecular formula is C30H34F2N4O3. The molecule has 2 N–H and O–H groups in total. The van der Waals surface area contributed by atoms with Crippen LogP contribution in [0.15, 0.2) is 88.0 Å². The van der Waals surface area contributed by atoms with E-state index in [0.29, 0.717) is 36.4 Å². The molecule has 0 radical (unpaired) electrons. The molecule has 4 rings (SSSR count). The molecule has 2 atom stereocenters. The Morgan fingerprint density at radius 1 is 1.18 bits per heavy atom. The Kier molecular flexibility index (Phi) is 9.75. The molecule has 206 valence electrons. The molecule has 0 fully saturated rings. The first-order chi connectivity index (χ1) is 18.9. The maximum absolute atomic E-state index is 13.7. The number of ether oxygens (including phenoxy) is 1. The monoisotopic (exact) mass is 536 g/mol. The van der Waals surface area contributed by atoms with Crippen LogP contribution in [-0.2, 0) is 9.57 Å². The summed E-state index contributed by atoms with van der Waals surface area (Å²) in [6, 6.07) is 11.1. The lowest BCUT2D eigenvalue weighted by molar-refractivity contribution is -0.0791. The van der Waals surface area contributed by atoms with Gasteiger partial charge in [-0.25, -0.2) is 18.8 Å². The van der Waals surface area contributed by atoms with Gasteiger partial charge in [0, 0.05) is 24.8 Å². The molecular weight excluding hydrogens is 502 g/mol. The number of allylic oxidation sites excluding steroid dienone is 2. The van der Waals surface area contributed by atoms with Crippen molar-refractivity contribution in [2.45, 2.75) is 52.0 Å². The minimum absolute atomic E-state index is 0.277. The molecule has 2 aliphatic heterocycles. The molecule has 0 aliphatic carbocycles. The highest BCUT2D eigenvalue weighted by Crippen LogP contribution is 2.27. The molecule has 2 unspecified atom stereocenters. The average molecular weight is 537 g/mol. The van der Waals surface area contributed by atoms with Crippen molar-refractivity contribution in [3.05, 3.63) is 101 Å². The van der Waals surface area contributed by atoms with Crippen LogP contribution in [0.2, 0.25) is 0 Å². The number of unbranched alkanes of at least 4 members (excludes halogenated alkanes) is 1. The van der Waals surface area contributed by atoms with Crippen LogP contribution < -0.4 is 10.4 Å². The van der Waals surface area contributed by atoms with Gasteiger partial charge in [-0.2, -0.15) is 0 Å². The molecule has 0 bridgehead atoms. The highest BCUT2D eigenvalue weighted by Gasteiger charge is 2.23. The zero-order valence-electron chi connectivity index (χ0n) is 22.4. The molecule has 0 saturated heterocycles. The van der Waals surface area contributed by atoms with E-state index in [4.69, 9.17) is 14.6 Å². The second-order valence-electron chi connectivity index (χ2n) is 9.36. The third kappa shape index (κ3) is 7.47. The van der Waals surface area contributed by atoms with Crippen LogP contribution in [0.3, 0.4) is 0 Å². The van der Waals surface area contributed by atoms with E-state index in [9.17, 15) is 13.9 Å². The molecule has 2 aromatic carbocycles. The van der Waals surface area contributed by atoms with Gasteiger partial charge in [-0.3, -0.25) is 0 Å². The van der Waals surface area contributed by atoms with Gasteiger partial charge in [0.25, 0.3) is 0 Å². The Bertz CT molecular complexity index is 1300. The number of aryl methyl sites for hydroxylation is 1. The highest BCUT2D eigenvalue weighted by atomic mass is 19.1. The number of aliphatic imine (C=N–C) groups is 2. The third-order valence-electron chi connectivity index (χ3n) is 6.47. The maximum Gasteiger partial charge on any atom is 0.242 e. The summed E-state index contributed by atoms with van der Waals surface area (Å²) in [6.45, 7) is 4.21. The summed E-state index contributed by atoms with van der Waals surface area (Å²) in [4.78, 5) is 17.2. The summed E-state index contributed by atoms with van der Waals surface area (Å²) in [7, 11) is 1.48. The van der Waals surface area contributed by atoms with E-state index in [0.717, 1.165) is 35.6 Å². The van der Waals surface area contributed by atoms with E-state index < -0.39 is 12.5 Å². The SMILES string of the molecule is C/C=C\C1=C(/C=C/C2N=C(c3ccc(F)c(C)c3)ON2)N=C(CCCCC(O)OC)N(c2ccc(F)cc2)C1. The van der Waals surface area contributed by atoms with Gasteiger partial charge in [-0.05, 0) is 98.9 Å². The van der Waals surface area contributed by atoms with Crippen LogP contribution in [0.1, 0.15) is 43.7 Å². The third-order valence-corrected chi connectivity index (χ3v) is 6.47. The van der Waals surface area contributed by atoms with Crippen molar-refractivity contribution in [1.29, 1.82) is 0 Å². The second-order valence-corrected chi connectivity index (χ2v) is 9.36. The molecule has 2 heterocycles. The van der Waals surface area contributed by atoms with Gasteiger partial charge in [0.05, 0.1) is 12.2 Å². The second kappa shape index (κ2) is 13.4. The number of aliphatic hydroxyl groups is 1. The predicted molar refractivity (Wildman–Crippen MR) is 149 cm³/mol. The summed E-state index contributed by atoms with van der Waals surface area (Å²) >= 11 is 0. The topological polar surface area (TPSA) is 78.7 Å². The van der Waals surface area contributed by atoms with Gasteiger partial charge in [0.2, 0.25) is 5.90 Å². The van der Waals surface area contributed by atoms with E-state index in [1.54, 1.807) is 31.2 Å². The smallest absolute Gasteiger partial charge is 0.242 e. The number of rotatable bonds is 11. The number of methoxy groups -OCH3 is 1. The fourth-order valence-electron chi connectivity index (χ4n) is 4.34. The number of amidine groups is 1. The summed E-state index contributed by atoms with van der Waals surface area (Å²) < 4.78 is 32.2. The molecule has 2 aromatic rings. The quantitative estimate of drug-likeness (QED) is 0.284. The molecule has 0 spiro atoms. The molecule has 39 heavy (non-hydrogen) atoms. The number of nitrogens with one attached hydrogen (secondary N) is 1. The first kappa shape index (κ1) is 28.4. The molecule has 7 nitrogen and oxygen atoms in total. The van der Waals surface area contributed by atoms with Gasteiger partial charge in [-0.15, -0.1) is 5.48 Å². The fraction of sp³-hybridized carbons (Fsp3) is 0.333. The number of aliphatic hydroxyl groups excluding tert-OH is 1. The van der Waals surface area contributed by atoms with Crippen molar-refractivity contribution in [2.75, 3.05) is 18.6 Å². The highest BCUT2D eigenvalue weighted by molar-refractivity contribution is 6.00. The predicted octanol–water partition coefficient (Wildman–Crippen LogP) is 5.71.